The second-order valence-corrected chi connectivity index (χ2v) is 2.76. The van der Waals surface area contributed by atoms with Crippen molar-refractivity contribution in [1.82, 2.24) is 10.1 Å². The average molecular weight is 180 g/mol. The fourth-order valence-corrected chi connectivity index (χ4v) is 1.22. The maximum atomic E-state index is 11.2. The first kappa shape index (κ1) is 7.17. The molecule has 2 rings (SSSR count). The molecule has 60 valence electrons. The molecule has 0 aliphatic rings. The van der Waals surface area contributed by atoms with Gasteiger partial charge in [-0.2, -0.15) is 0 Å². The van der Waals surface area contributed by atoms with Gasteiger partial charge in [0.05, 0.1) is 0 Å². The molecule has 2 N–H and O–H groups in total. The zero-order chi connectivity index (χ0) is 8.55. The zero-order valence-corrected chi connectivity index (χ0v) is 6.89. The lowest BCUT2D eigenvalue weighted by atomic mass is 10.4. The van der Waals surface area contributed by atoms with Crippen molar-refractivity contribution in [3.05, 3.63) is 39.5 Å². The Bertz CT molecular complexity index is 528. The molecule has 12 heavy (non-hydrogen) atoms. The summed E-state index contributed by atoms with van der Waals surface area (Å²) in [5, 5.41) is 2.81. The first-order valence-electron chi connectivity index (χ1n) is 3.40. The van der Waals surface area contributed by atoms with Gasteiger partial charge in [-0.3, -0.25) is 9.78 Å². The van der Waals surface area contributed by atoms with E-state index in [0.29, 0.717) is 10.3 Å². The van der Waals surface area contributed by atoms with Crippen LogP contribution in [-0.4, -0.2) is 10.1 Å². The van der Waals surface area contributed by atoms with Crippen LogP contribution >= 0.6 is 12.2 Å². The van der Waals surface area contributed by atoms with E-state index in [0.717, 1.165) is 0 Å². The molecule has 0 fully saturated rings. The highest BCUT2D eigenvalue weighted by molar-refractivity contribution is 7.71. The highest BCUT2D eigenvalue weighted by atomic mass is 32.1. The summed E-state index contributed by atoms with van der Waals surface area (Å²) in [6.07, 6.45) is 1.74. The van der Waals surface area contributed by atoms with Crippen molar-refractivity contribution < 1.29 is 4.52 Å². The van der Waals surface area contributed by atoms with E-state index in [2.05, 4.69) is 10.1 Å². The lowest BCUT2D eigenvalue weighted by Gasteiger charge is -1.86. The lowest BCUT2D eigenvalue weighted by Crippen LogP contribution is -2.33. The number of aromatic nitrogens is 3. The molecular weight excluding hydrogens is 174 g/mol. The summed E-state index contributed by atoms with van der Waals surface area (Å²) in [6.45, 7) is 0. The number of nitrogens with zero attached hydrogens (tertiary/aromatic N) is 1. The number of rotatable bonds is 0. The van der Waals surface area contributed by atoms with Gasteiger partial charge in [0.25, 0.3) is 5.52 Å². The van der Waals surface area contributed by atoms with Crippen LogP contribution in [0.4, 0.5) is 0 Å². The van der Waals surface area contributed by atoms with Crippen molar-refractivity contribution in [3.63, 3.8) is 0 Å². The number of nitrogens with one attached hydrogen (secondary N) is 2. The van der Waals surface area contributed by atoms with Gasteiger partial charge in [-0.05, 0) is 18.3 Å². The first-order valence-corrected chi connectivity index (χ1v) is 3.81. The Labute approximate surface area is 72.5 Å². The third kappa shape index (κ3) is 1.04. The Balaban J connectivity index is 3.09. The van der Waals surface area contributed by atoms with Gasteiger partial charge in [-0.25, -0.2) is 0 Å². The van der Waals surface area contributed by atoms with Crippen molar-refractivity contribution in [2.24, 2.45) is 0 Å². The number of hydrogen-bond acceptors (Lipinski definition) is 2. The van der Waals surface area contributed by atoms with Crippen LogP contribution in [0.3, 0.4) is 0 Å². The van der Waals surface area contributed by atoms with E-state index in [-0.39, 0.29) is 5.56 Å². The van der Waals surface area contributed by atoms with Gasteiger partial charge in [0.1, 0.15) is 0 Å². The number of fused-ring (bicyclic) bond motifs is 1. The van der Waals surface area contributed by atoms with Crippen LogP contribution in [0.2, 0.25) is 0 Å². The van der Waals surface area contributed by atoms with Crippen LogP contribution in [0.15, 0.2) is 29.2 Å². The molecule has 2 heterocycles. The fraction of sp³-hybridized carbons (Fsp3) is 0. The zero-order valence-electron chi connectivity index (χ0n) is 6.07. The average Bonchev–Trinajstić information content (AvgIpc) is 2.04. The van der Waals surface area contributed by atoms with Crippen molar-refractivity contribution in [1.29, 1.82) is 0 Å². The van der Waals surface area contributed by atoms with Gasteiger partial charge in [0.15, 0.2) is 0 Å². The van der Waals surface area contributed by atoms with E-state index >= 15 is 0 Å². The minimum atomic E-state index is -0.181. The van der Waals surface area contributed by atoms with Gasteiger partial charge in [-0.15, -0.1) is 5.10 Å². The highest BCUT2D eigenvalue weighted by Crippen LogP contribution is 1.83. The largest absolute Gasteiger partial charge is 0.325 e. The maximum Gasteiger partial charge on any atom is 0.325 e. The molecule has 0 aromatic carbocycles. The van der Waals surface area contributed by atoms with Crippen LogP contribution < -0.4 is 10.1 Å². The second kappa shape index (κ2) is 2.53. The third-order valence-corrected chi connectivity index (χ3v) is 1.73. The van der Waals surface area contributed by atoms with E-state index in [1.807, 2.05) is 6.07 Å². The highest BCUT2D eigenvalue weighted by Gasteiger charge is 2.03. The number of H-pyrrole nitrogens is 2. The summed E-state index contributed by atoms with van der Waals surface area (Å²) in [5.74, 6) is 0. The minimum Gasteiger partial charge on any atom is -0.289 e. The predicted octanol–water partition coefficient (Wildman–Crippen LogP) is 0.171. The summed E-state index contributed by atoms with van der Waals surface area (Å²) in [6, 6.07) is 5.32. The normalized spacial score (nSPS) is 10.3. The Morgan fingerprint density at radius 1 is 1.42 bits per heavy atom. The first-order chi connectivity index (χ1) is 5.77. The SMILES string of the molecule is O=c1[nH]c(=S)[nH][n+]2ccccc12. The van der Waals surface area contributed by atoms with Crippen LogP contribution in [0.1, 0.15) is 0 Å². The molecule has 0 saturated heterocycles. The monoisotopic (exact) mass is 180 g/mol. The number of pyridine rings is 1. The molecule has 0 amide bonds. The van der Waals surface area contributed by atoms with E-state index < -0.39 is 0 Å². The molecule has 0 spiro atoms. The molecule has 2 aromatic rings. The molecule has 0 unspecified atom stereocenters. The smallest absolute Gasteiger partial charge is 0.289 e. The summed E-state index contributed by atoms with van der Waals surface area (Å²) < 4.78 is 1.91. The van der Waals surface area contributed by atoms with Crippen LogP contribution in [-0.2, 0) is 0 Å². The number of aromatic amines is 2. The molecule has 0 atom stereocenters. The Kier molecular flexibility index (Phi) is 1.51. The van der Waals surface area contributed by atoms with Crippen molar-refractivity contribution in [2.75, 3.05) is 0 Å². The Morgan fingerprint density at radius 3 is 3.08 bits per heavy atom. The fourth-order valence-electron chi connectivity index (χ4n) is 1.03. The van der Waals surface area contributed by atoms with Gasteiger partial charge >= 0.3 is 5.56 Å². The van der Waals surface area contributed by atoms with E-state index in [1.165, 1.54) is 0 Å². The number of hydrogen-bond donors (Lipinski definition) is 2. The minimum absolute atomic E-state index is 0.181. The molecule has 0 aliphatic carbocycles. The Hall–Kier alpha value is -1.49. The summed E-state index contributed by atoms with van der Waals surface area (Å²) in [4.78, 5) is 13.7. The topological polar surface area (TPSA) is 52.8 Å². The van der Waals surface area contributed by atoms with Crippen molar-refractivity contribution >= 4 is 17.7 Å². The van der Waals surface area contributed by atoms with Gasteiger partial charge in [0.2, 0.25) is 11.0 Å². The summed E-state index contributed by atoms with van der Waals surface area (Å²) in [5.41, 5.74) is 0.366. The van der Waals surface area contributed by atoms with E-state index in [4.69, 9.17) is 12.2 Å². The second-order valence-electron chi connectivity index (χ2n) is 2.35. The molecule has 5 heteroatoms. The lowest BCUT2D eigenvalue weighted by molar-refractivity contribution is -0.583. The third-order valence-electron chi connectivity index (χ3n) is 1.54. The summed E-state index contributed by atoms with van der Waals surface area (Å²) >= 11 is 4.80. The van der Waals surface area contributed by atoms with Crippen LogP contribution in [0, 0.1) is 4.77 Å². The van der Waals surface area contributed by atoms with Crippen LogP contribution in [0.5, 0.6) is 0 Å². The van der Waals surface area contributed by atoms with Crippen molar-refractivity contribution in [3.8, 4) is 0 Å². The molecule has 0 aliphatic heterocycles. The quantitative estimate of drug-likeness (QED) is 0.448. The molecule has 0 bridgehead atoms. The molecule has 0 radical (unpaired) electrons. The van der Waals surface area contributed by atoms with Gasteiger partial charge < -0.3 is 0 Å². The van der Waals surface area contributed by atoms with Crippen LogP contribution in [0.25, 0.3) is 5.52 Å². The van der Waals surface area contributed by atoms with Crippen molar-refractivity contribution in [2.45, 2.75) is 0 Å². The molecule has 0 saturated carbocycles. The van der Waals surface area contributed by atoms with E-state index in [1.54, 1.807) is 22.8 Å². The standard InChI is InChI=1S/C7H5N3OS/c11-6-5-3-1-2-4-10(5)9-7(12)8-6/h1-4H,(H-,8,9,11,12)/p+1. The summed E-state index contributed by atoms with van der Waals surface area (Å²) in [7, 11) is 0. The van der Waals surface area contributed by atoms with Gasteiger partial charge in [0, 0.05) is 12.1 Å². The predicted molar refractivity (Wildman–Crippen MR) is 45.4 cm³/mol. The maximum absolute atomic E-state index is 11.2. The van der Waals surface area contributed by atoms with E-state index in [9.17, 15) is 4.79 Å². The molecule has 2 aromatic heterocycles. The molecule has 4 nitrogen and oxygen atoms in total. The van der Waals surface area contributed by atoms with Gasteiger partial charge in [-0.1, -0.05) is 4.52 Å². The molecular formula is C7H6N3OS+. The Morgan fingerprint density at radius 2 is 2.25 bits per heavy atom.